The standard InChI is InChI=1S/C29H35F2N3O3/c1-36-21-14-12-18(13-15-21)26(29(35)32-20-10-6-7-11-20)34-25-17-23(31)22(30)16-24(25)33-28(34)27(37-2)19-8-4-3-5-9-19/h12-17,19-20,26-27H,3-11H2,1-2H3,(H,32,35). The summed E-state index contributed by atoms with van der Waals surface area (Å²) < 4.78 is 42.0. The largest absolute Gasteiger partial charge is 0.497 e. The lowest BCUT2D eigenvalue weighted by atomic mass is 9.84. The van der Waals surface area contributed by atoms with E-state index < -0.39 is 23.8 Å². The SMILES string of the molecule is COc1ccc(C(C(=O)NC2CCCC2)n2c(C(OC)C3CCCCC3)nc3cc(F)c(F)cc32)cc1. The number of fused-ring (bicyclic) bond motifs is 1. The number of hydrogen-bond acceptors (Lipinski definition) is 4. The van der Waals surface area contributed by atoms with E-state index in [1.54, 1.807) is 30.9 Å². The third kappa shape index (κ3) is 5.21. The number of carbonyl (C=O) groups excluding carboxylic acids is 1. The maximum Gasteiger partial charge on any atom is 0.247 e. The van der Waals surface area contributed by atoms with Crippen LogP contribution in [0, 0.1) is 17.6 Å². The van der Waals surface area contributed by atoms with Crippen molar-refractivity contribution in [1.29, 1.82) is 0 Å². The highest BCUT2D eigenvalue weighted by atomic mass is 19.2. The van der Waals surface area contributed by atoms with Crippen LogP contribution < -0.4 is 10.1 Å². The van der Waals surface area contributed by atoms with Crippen LogP contribution in [0.15, 0.2) is 36.4 Å². The molecule has 198 valence electrons. The first-order chi connectivity index (χ1) is 18.0. The van der Waals surface area contributed by atoms with Gasteiger partial charge >= 0.3 is 0 Å². The molecule has 1 aromatic heterocycles. The molecular weight excluding hydrogens is 476 g/mol. The lowest BCUT2D eigenvalue weighted by Crippen LogP contribution is -2.39. The summed E-state index contributed by atoms with van der Waals surface area (Å²) in [5, 5.41) is 3.22. The van der Waals surface area contributed by atoms with Gasteiger partial charge in [-0.2, -0.15) is 0 Å². The number of nitrogens with zero attached hydrogens (tertiary/aromatic N) is 2. The zero-order valence-electron chi connectivity index (χ0n) is 21.5. The summed E-state index contributed by atoms with van der Waals surface area (Å²) in [7, 11) is 3.23. The highest BCUT2D eigenvalue weighted by molar-refractivity contribution is 5.87. The lowest BCUT2D eigenvalue weighted by molar-refractivity contribution is -0.124. The van der Waals surface area contributed by atoms with Crippen LogP contribution in [0.5, 0.6) is 5.75 Å². The van der Waals surface area contributed by atoms with Crippen molar-refractivity contribution in [3.8, 4) is 5.75 Å². The average Bonchev–Trinajstić information content (AvgIpc) is 3.54. The van der Waals surface area contributed by atoms with Gasteiger partial charge in [0.25, 0.3) is 0 Å². The molecule has 1 N–H and O–H groups in total. The number of ether oxygens (including phenoxy) is 2. The zero-order chi connectivity index (χ0) is 25.9. The minimum Gasteiger partial charge on any atom is -0.497 e. The summed E-state index contributed by atoms with van der Waals surface area (Å²) >= 11 is 0. The number of halogens is 2. The molecule has 8 heteroatoms. The van der Waals surface area contributed by atoms with E-state index in [0.717, 1.165) is 63.5 Å². The topological polar surface area (TPSA) is 65.4 Å². The van der Waals surface area contributed by atoms with Crippen LogP contribution >= 0.6 is 0 Å². The fourth-order valence-electron chi connectivity index (χ4n) is 6.08. The van der Waals surface area contributed by atoms with Gasteiger partial charge in [-0.25, -0.2) is 13.8 Å². The van der Waals surface area contributed by atoms with Crippen LogP contribution in [0.1, 0.15) is 81.3 Å². The molecule has 0 saturated heterocycles. The molecule has 2 saturated carbocycles. The molecule has 1 heterocycles. The summed E-state index contributed by atoms with van der Waals surface area (Å²) in [6.45, 7) is 0. The second kappa shape index (κ2) is 11.2. The molecule has 1 amide bonds. The van der Waals surface area contributed by atoms with Gasteiger partial charge in [0.2, 0.25) is 5.91 Å². The molecule has 2 aliphatic carbocycles. The Morgan fingerprint density at radius 1 is 0.973 bits per heavy atom. The molecule has 0 bridgehead atoms. The number of methoxy groups -OCH3 is 2. The molecule has 2 unspecified atom stereocenters. The molecule has 0 radical (unpaired) electrons. The Kier molecular flexibility index (Phi) is 7.74. The molecule has 2 aliphatic rings. The third-order valence-corrected chi connectivity index (χ3v) is 7.98. The summed E-state index contributed by atoms with van der Waals surface area (Å²) in [6, 6.07) is 8.81. The van der Waals surface area contributed by atoms with Crippen molar-refractivity contribution in [2.45, 2.75) is 76.0 Å². The van der Waals surface area contributed by atoms with Crippen molar-refractivity contribution in [1.82, 2.24) is 14.9 Å². The highest BCUT2D eigenvalue weighted by Gasteiger charge is 2.35. The summed E-state index contributed by atoms with van der Waals surface area (Å²) in [5.41, 5.74) is 1.38. The number of imidazole rings is 1. The zero-order valence-corrected chi connectivity index (χ0v) is 21.5. The number of rotatable bonds is 8. The monoisotopic (exact) mass is 511 g/mol. The molecule has 0 aliphatic heterocycles. The first kappa shape index (κ1) is 25.6. The third-order valence-electron chi connectivity index (χ3n) is 7.98. The smallest absolute Gasteiger partial charge is 0.247 e. The Morgan fingerprint density at radius 2 is 1.62 bits per heavy atom. The Balaban J connectivity index is 1.69. The molecular formula is C29H35F2N3O3. The van der Waals surface area contributed by atoms with Crippen LogP contribution in [0.2, 0.25) is 0 Å². The van der Waals surface area contributed by atoms with Crippen molar-refractivity contribution in [3.63, 3.8) is 0 Å². The van der Waals surface area contributed by atoms with Gasteiger partial charge in [-0.05, 0) is 49.3 Å². The first-order valence-corrected chi connectivity index (χ1v) is 13.3. The Hall–Kier alpha value is -3.00. The predicted octanol–water partition coefficient (Wildman–Crippen LogP) is 6.24. The molecule has 5 rings (SSSR count). The number of carbonyl (C=O) groups is 1. The van der Waals surface area contributed by atoms with Crippen molar-refractivity contribution in [3.05, 3.63) is 59.4 Å². The van der Waals surface area contributed by atoms with E-state index in [1.807, 2.05) is 12.1 Å². The van der Waals surface area contributed by atoms with Crippen LogP contribution in [0.4, 0.5) is 8.78 Å². The number of hydrogen-bond donors (Lipinski definition) is 1. The fourth-order valence-corrected chi connectivity index (χ4v) is 6.08. The van der Waals surface area contributed by atoms with Crippen molar-refractivity contribution in [2.24, 2.45) is 5.92 Å². The van der Waals surface area contributed by atoms with E-state index >= 15 is 0 Å². The van der Waals surface area contributed by atoms with Crippen LogP contribution in [-0.4, -0.2) is 35.7 Å². The Morgan fingerprint density at radius 3 is 2.27 bits per heavy atom. The van der Waals surface area contributed by atoms with Gasteiger partial charge in [-0.3, -0.25) is 4.79 Å². The van der Waals surface area contributed by atoms with Crippen LogP contribution in [0.3, 0.4) is 0 Å². The lowest BCUT2D eigenvalue weighted by Gasteiger charge is -2.31. The van der Waals surface area contributed by atoms with Gasteiger partial charge in [0.1, 0.15) is 23.7 Å². The van der Waals surface area contributed by atoms with Crippen molar-refractivity contribution < 1.29 is 23.0 Å². The molecule has 2 aromatic carbocycles. The Labute approximate surface area is 216 Å². The molecule has 6 nitrogen and oxygen atoms in total. The average molecular weight is 512 g/mol. The predicted molar refractivity (Wildman–Crippen MR) is 138 cm³/mol. The quantitative estimate of drug-likeness (QED) is 0.389. The molecule has 2 atom stereocenters. The molecule has 37 heavy (non-hydrogen) atoms. The maximum absolute atomic E-state index is 14.6. The van der Waals surface area contributed by atoms with Gasteiger partial charge in [-0.1, -0.05) is 44.2 Å². The van der Waals surface area contributed by atoms with Gasteiger partial charge in [0.05, 0.1) is 18.1 Å². The molecule has 0 spiro atoms. The van der Waals surface area contributed by atoms with E-state index in [9.17, 15) is 13.6 Å². The normalized spacial score (nSPS) is 18.7. The summed E-state index contributed by atoms with van der Waals surface area (Å²) in [5.74, 6) is -0.737. The van der Waals surface area contributed by atoms with E-state index in [4.69, 9.17) is 14.5 Å². The second-order valence-corrected chi connectivity index (χ2v) is 10.3. The Bertz CT molecular complexity index is 1230. The minimum absolute atomic E-state index is 0.0947. The number of nitrogens with one attached hydrogen (secondary N) is 1. The first-order valence-electron chi connectivity index (χ1n) is 13.3. The van der Waals surface area contributed by atoms with Gasteiger partial charge in [-0.15, -0.1) is 0 Å². The van der Waals surface area contributed by atoms with Crippen molar-refractivity contribution >= 4 is 16.9 Å². The van der Waals surface area contributed by atoms with E-state index in [0.29, 0.717) is 28.2 Å². The van der Waals surface area contributed by atoms with Gasteiger partial charge < -0.3 is 19.4 Å². The highest BCUT2D eigenvalue weighted by Crippen LogP contribution is 2.40. The van der Waals surface area contributed by atoms with E-state index in [1.165, 1.54) is 6.42 Å². The fraction of sp³-hybridized carbons (Fsp3) is 0.517. The molecule has 2 fully saturated rings. The molecule has 3 aromatic rings. The van der Waals surface area contributed by atoms with Crippen LogP contribution in [0.25, 0.3) is 11.0 Å². The minimum atomic E-state index is -0.975. The van der Waals surface area contributed by atoms with Crippen molar-refractivity contribution in [2.75, 3.05) is 14.2 Å². The number of aromatic nitrogens is 2. The summed E-state index contributed by atoms with van der Waals surface area (Å²) in [6.07, 6.45) is 8.94. The number of amides is 1. The summed E-state index contributed by atoms with van der Waals surface area (Å²) in [4.78, 5) is 18.8. The van der Waals surface area contributed by atoms with E-state index in [2.05, 4.69) is 5.32 Å². The number of benzene rings is 2. The van der Waals surface area contributed by atoms with Crippen LogP contribution in [-0.2, 0) is 9.53 Å². The maximum atomic E-state index is 14.6. The van der Waals surface area contributed by atoms with Gasteiger partial charge in [0, 0.05) is 25.3 Å². The second-order valence-electron chi connectivity index (χ2n) is 10.3. The van der Waals surface area contributed by atoms with Gasteiger partial charge in [0.15, 0.2) is 11.6 Å². The van der Waals surface area contributed by atoms with E-state index in [-0.39, 0.29) is 17.9 Å².